The molecule has 1 N–H and O–H groups in total. The Morgan fingerprint density at radius 1 is 0.970 bits per heavy atom. The van der Waals surface area contributed by atoms with Crippen LogP contribution in [0.1, 0.15) is 16.2 Å². The predicted octanol–water partition coefficient (Wildman–Crippen LogP) is 3.17. The number of carbonyl (C=O) groups is 1. The lowest BCUT2D eigenvalue weighted by molar-refractivity contribution is 0.0411. The fraction of sp³-hybridized carbons (Fsp3) is 0.130. The number of methoxy groups -OCH3 is 2. The fourth-order valence-electron chi connectivity index (χ4n) is 3.39. The van der Waals surface area contributed by atoms with Gasteiger partial charge in [-0.2, -0.15) is 0 Å². The van der Waals surface area contributed by atoms with E-state index < -0.39 is 5.97 Å². The second kappa shape index (κ2) is 8.50. The summed E-state index contributed by atoms with van der Waals surface area (Å²) >= 11 is 0. The molecule has 5 rings (SSSR count). The zero-order valence-electron chi connectivity index (χ0n) is 17.8. The lowest BCUT2D eigenvalue weighted by atomic mass is 10.2. The van der Waals surface area contributed by atoms with E-state index in [-0.39, 0.29) is 12.2 Å². The highest BCUT2D eigenvalue weighted by molar-refractivity contribution is 6.03. The molecule has 10 nitrogen and oxygen atoms in total. The molecule has 0 aliphatic carbocycles. The van der Waals surface area contributed by atoms with Crippen LogP contribution in [0.3, 0.4) is 0 Å². The summed E-state index contributed by atoms with van der Waals surface area (Å²) in [7, 11) is 3.14. The molecule has 0 saturated carbocycles. The minimum atomic E-state index is -0.621. The van der Waals surface area contributed by atoms with E-state index in [1.165, 1.54) is 7.11 Å². The first-order valence-corrected chi connectivity index (χ1v) is 10.0. The number of benzene rings is 3. The Bertz CT molecular complexity index is 1440. The fourth-order valence-corrected chi connectivity index (χ4v) is 3.39. The van der Waals surface area contributed by atoms with Gasteiger partial charge < -0.3 is 24.0 Å². The van der Waals surface area contributed by atoms with E-state index in [9.17, 15) is 4.79 Å². The van der Waals surface area contributed by atoms with E-state index in [1.54, 1.807) is 55.6 Å². The van der Waals surface area contributed by atoms with Gasteiger partial charge in [0.05, 0.1) is 25.3 Å². The van der Waals surface area contributed by atoms with Crippen LogP contribution in [0.4, 0.5) is 0 Å². The van der Waals surface area contributed by atoms with Crippen molar-refractivity contribution in [2.24, 2.45) is 0 Å². The zero-order valence-corrected chi connectivity index (χ0v) is 17.8. The zero-order chi connectivity index (χ0) is 22.8. The maximum absolute atomic E-state index is 13.0. The number of H-pyrrole nitrogens is 1. The van der Waals surface area contributed by atoms with Gasteiger partial charge in [-0.15, -0.1) is 5.10 Å². The van der Waals surface area contributed by atoms with Crippen LogP contribution >= 0.6 is 0 Å². The van der Waals surface area contributed by atoms with Crippen molar-refractivity contribution in [3.05, 3.63) is 72.1 Å². The van der Waals surface area contributed by atoms with Crippen molar-refractivity contribution in [1.82, 2.24) is 25.1 Å². The predicted molar refractivity (Wildman–Crippen MR) is 118 cm³/mol. The summed E-state index contributed by atoms with van der Waals surface area (Å²) in [6.07, 6.45) is 0. The van der Waals surface area contributed by atoms with Crippen LogP contribution in [0.25, 0.3) is 22.1 Å². The molecule has 10 heteroatoms. The number of nitrogens with one attached hydrogen (secondary N) is 1. The highest BCUT2D eigenvalue weighted by Gasteiger charge is 2.20. The lowest BCUT2D eigenvalue weighted by Gasteiger charge is -2.06. The standard InChI is InChI=1S/C23H19N5O5/c1-30-14-7-9-15(10-8-14)32-13-20-24-21-16(11-12-19(31-2)22(21)25-20)23(29)33-28-18-6-4-3-5-17(18)26-27-28/h3-12H,13H2,1-2H3,(H,24,25). The molecule has 33 heavy (non-hydrogen) atoms. The Morgan fingerprint density at radius 3 is 2.55 bits per heavy atom. The normalized spacial score (nSPS) is 11.0. The number of ether oxygens (including phenoxy) is 3. The van der Waals surface area contributed by atoms with Gasteiger partial charge in [0.2, 0.25) is 0 Å². The maximum atomic E-state index is 13.0. The lowest BCUT2D eigenvalue weighted by Crippen LogP contribution is -2.21. The molecule has 0 amide bonds. The molecule has 0 saturated heterocycles. The molecule has 0 atom stereocenters. The Kier molecular flexibility index (Phi) is 5.23. The van der Waals surface area contributed by atoms with Crippen LogP contribution in [0.2, 0.25) is 0 Å². The number of fused-ring (bicyclic) bond motifs is 2. The molecule has 2 heterocycles. The summed E-state index contributed by atoms with van der Waals surface area (Å²) < 4.78 is 16.4. The quantitative estimate of drug-likeness (QED) is 0.380. The number of aromatic nitrogens is 5. The van der Waals surface area contributed by atoms with Gasteiger partial charge in [-0.05, 0) is 53.7 Å². The molecule has 0 bridgehead atoms. The largest absolute Gasteiger partial charge is 0.497 e. The van der Waals surface area contributed by atoms with Crippen LogP contribution in [-0.2, 0) is 6.61 Å². The van der Waals surface area contributed by atoms with Crippen molar-refractivity contribution in [2.75, 3.05) is 14.2 Å². The van der Waals surface area contributed by atoms with Gasteiger partial charge >= 0.3 is 5.97 Å². The SMILES string of the molecule is COc1ccc(OCc2nc3c(OC)ccc(C(=O)On4nnc5ccccc54)c3[nH]2)cc1. The van der Waals surface area contributed by atoms with Crippen molar-refractivity contribution in [3.63, 3.8) is 0 Å². The van der Waals surface area contributed by atoms with Gasteiger partial charge in [0.1, 0.15) is 46.2 Å². The van der Waals surface area contributed by atoms with E-state index in [4.69, 9.17) is 19.0 Å². The van der Waals surface area contributed by atoms with Crippen molar-refractivity contribution < 1.29 is 23.8 Å². The van der Waals surface area contributed by atoms with Crippen molar-refractivity contribution in [1.29, 1.82) is 0 Å². The van der Waals surface area contributed by atoms with Gasteiger partial charge in [-0.1, -0.05) is 17.0 Å². The summed E-state index contributed by atoms with van der Waals surface area (Å²) in [5.74, 6) is 1.80. The Hall–Kier alpha value is -4.60. The van der Waals surface area contributed by atoms with Crippen LogP contribution < -0.4 is 19.0 Å². The smallest absolute Gasteiger partial charge is 0.367 e. The second-order valence-corrected chi connectivity index (χ2v) is 7.02. The summed E-state index contributed by atoms with van der Waals surface area (Å²) in [5, 5.41) is 7.89. The van der Waals surface area contributed by atoms with E-state index in [0.29, 0.717) is 39.4 Å². The summed E-state index contributed by atoms with van der Waals surface area (Å²) in [5.41, 5.74) is 2.42. The van der Waals surface area contributed by atoms with Crippen LogP contribution in [0, 0.1) is 0 Å². The van der Waals surface area contributed by atoms with Crippen LogP contribution in [0.15, 0.2) is 60.7 Å². The van der Waals surface area contributed by atoms with Gasteiger partial charge in [-0.3, -0.25) is 0 Å². The first-order chi connectivity index (χ1) is 16.2. The average Bonchev–Trinajstić information content (AvgIpc) is 3.47. The van der Waals surface area contributed by atoms with Crippen molar-refractivity contribution >= 4 is 28.0 Å². The molecular formula is C23H19N5O5. The monoisotopic (exact) mass is 445 g/mol. The Labute approximate surface area is 187 Å². The van der Waals surface area contributed by atoms with E-state index >= 15 is 0 Å². The molecule has 0 aliphatic rings. The molecular weight excluding hydrogens is 426 g/mol. The summed E-state index contributed by atoms with van der Waals surface area (Å²) in [4.78, 5) is 27.2. The van der Waals surface area contributed by atoms with E-state index in [2.05, 4.69) is 20.3 Å². The third kappa shape index (κ3) is 3.89. The van der Waals surface area contributed by atoms with Gasteiger partial charge in [-0.25, -0.2) is 9.78 Å². The molecule has 5 aromatic rings. The number of imidazole rings is 1. The summed E-state index contributed by atoms with van der Waals surface area (Å²) in [6, 6.07) is 17.7. The minimum Gasteiger partial charge on any atom is -0.497 e. The number of para-hydroxylation sites is 1. The Balaban J connectivity index is 1.42. The molecule has 0 fully saturated rings. The molecule has 0 aliphatic heterocycles. The first kappa shape index (κ1) is 20.3. The number of aromatic amines is 1. The molecule has 2 aromatic heterocycles. The topological polar surface area (TPSA) is 113 Å². The highest BCUT2D eigenvalue weighted by Crippen LogP contribution is 2.27. The second-order valence-electron chi connectivity index (χ2n) is 7.02. The number of rotatable bonds is 7. The molecule has 166 valence electrons. The van der Waals surface area contributed by atoms with Crippen molar-refractivity contribution in [3.8, 4) is 17.2 Å². The van der Waals surface area contributed by atoms with Gasteiger partial charge in [0.15, 0.2) is 0 Å². The number of nitrogens with zero attached hydrogens (tertiary/aromatic N) is 4. The third-order valence-corrected chi connectivity index (χ3v) is 5.02. The number of hydrogen-bond donors (Lipinski definition) is 1. The van der Waals surface area contributed by atoms with E-state index in [0.717, 1.165) is 10.6 Å². The van der Waals surface area contributed by atoms with Crippen LogP contribution in [0.5, 0.6) is 17.2 Å². The minimum absolute atomic E-state index is 0.159. The van der Waals surface area contributed by atoms with E-state index in [1.807, 2.05) is 12.1 Å². The van der Waals surface area contributed by atoms with Crippen molar-refractivity contribution in [2.45, 2.75) is 6.61 Å². The third-order valence-electron chi connectivity index (χ3n) is 5.02. The number of hydrogen-bond acceptors (Lipinski definition) is 8. The van der Waals surface area contributed by atoms with Gasteiger partial charge in [0, 0.05) is 0 Å². The molecule has 0 unspecified atom stereocenters. The van der Waals surface area contributed by atoms with Crippen LogP contribution in [-0.4, -0.2) is 45.3 Å². The first-order valence-electron chi connectivity index (χ1n) is 10.0. The highest BCUT2D eigenvalue weighted by atomic mass is 16.7. The summed E-state index contributed by atoms with van der Waals surface area (Å²) in [6.45, 7) is 0.159. The maximum Gasteiger partial charge on any atom is 0.367 e. The average molecular weight is 445 g/mol. The number of carbonyl (C=O) groups excluding carboxylic acids is 1. The molecule has 0 spiro atoms. The Morgan fingerprint density at radius 2 is 1.76 bits per heavy atom. The van der Waals surface area contributed by atoms with Gasteiger partial charge in [0.25, 0.3) is 0 Å². The molecule has 0 radical (unpaired) electrons. The molecule has 3 aromatic carbocycles.